The normalized spacial score (nSPS) is 16.2. The van der Waals surface area contributed by atoms with E-state index in [1.165, 1.54) is 0 Å². The van der Waals surface area contributed by atoms with E-state index in [1.54, 1.807) is 18.2 Å². The molecule has 1 aliphatic heterocycles. The zero-order valence-corrected chi connectivity index (χ0v) is 16.8. The van der Waals surface area contributed by atoms with Crippen LogP contribution in [0, 0.1) is 6.92 Å². The van der Waals surface area contributed by atoms with E-state index in [-0.39, 0.29) is 11.7 Å². The molecule has 2 aromatic carbocycles. The van der Waals surface area contributed by atoms with Gasteiger partial charge in [-0.3, -0.25) is 4.79 Å². The van der Waals surface area contributed by atoms with Gasteiger partial charge in [0, 0.05) is 11.4 Å². The van der Waals surface area contributed by atoms with Crippen LogP contribution in [-0.2, 0) is 4.79 Å². The number of phenols is 1. The molecule has 0 saturated carbocycles. The zero-order chi connectivity index (χ0) is 20.3. The minimum Gasteiger partial charge on any atom is -0.504 e. The lowest BCUT2D eigenvalue weighted by molar-refractivity contribution is -0.113. The Balaban J connectivity index is 1.98. The summed E-state index contributed by atoms with van der Waals surface area (Å²) in [4.78, 5) is 13.1. The number of hydrogen-bond donors (Lipinski definition) is 4. The van der Waals surface area contributed by atoms with E-state index in [0.29, 0.717) is 28.7 Å². The van der Waals surface area contributed by atoms with Gasteiger partial charge in [0.05, 0.1) is 18.2 Å². The molecule has 0 bridgehead atoms. The molecule has 1 aliphatic rings. The van der Waals surface area contributed by atoms with E-state index < -0.39 is 6.04 Å². The molecule has 0 aromatic heterocycles. The summed E-state index contributed by atoms with van der Waals surface area (Å²) in [5.74, 6) is 0.182. The lowest BCUT2D eigenvalue weighted by Gasteiger charge is -2.30. The Morgan fingerprint density at radius 3 is 2.71 bits per heavy atom. The fourth-order valence-corrected chi connectivity index (χ4v) is 3.40. The number of carbonyl (C=O) groups excluding carboxylic acids is 1. The van der Waals surface area contributed by atoms with E-state index in [1.807, 2.05) is 45.0 Å². The summed E-state index contributed by atoms with van der Waals surface area (Å²) in [6, 6.07) is 12.2. The molecular formula is C21H23N3O3S. The van der Waals surface area contributed by atoms with Gasteiger partial charge in [-0.05, 0) is 62.3 Å². The number of aryl methyl sites for hydroxylation is 1. The summed E-state index contributed by atoms with van der Waals surface area (Å²) in [7, 11) is 0. The van der Waals surface area contributed by atoms with Gasteiger partial charge in [0.15, 0.2) is 16.6 Å². The van der Waals surface area contributed by atoms with E-state index in [9.17, 15) is 9.90 Å². The van der Waals surface area contributed by atoms with E-state index in [4.69, 9.17) is 17.0 Å². The molecule has 0 fully saturated rings. The number of thiocarbonyl (C=S) groups is 1. The highest BCUT2D eigenvalue weighted by atomic mass is 32.1. The number of aromatic hydroxyl groups is 1. The maximum Gasteiger partial charge on any atom is 0.255 e. The quantitative estimate of drug-likeness (QED) is 0.578. The van der Waals surface area contributed by atoms with Gasteiger partial charge in [0.25, 0.3) is 5.91 Å². The van der Waals surface area contributed by atoms with Crippen LogP contribution in [0.3, 0.4) is 0 Å². The Bertz CT molecular complexity index is 956. The maximum atomic E-state index is 13.1. The SMILES string of the molecule is CCOc1cc(C2NC(=S)NC(C)=C2C(=O)Nc2ccccc2C)ccc1O. The second-order valence-corrected chi connectivity index (χ2v) is 6.91. The molecule has 6 nitrogen and oxygen atoms in total. The average molecular weight is 398 g/mol. The summed E-state index contributed by atoms with van der Waals surface area (Å²) < 4.78 is 5.49. The Kier molecular flexibility index (Phi) is 5.84. The lowest BCUT2D eigenvalue weighted by atomic mass is 9.94. The number of benzene rings is 2. The van der Waals surface area contributed by atoms with Crippen molar-refractivity contribution in [3.05, 3.63) is 64.9 Å². The smallest absolute Gasteiger partial charge is 0.255 e. The van der Waals surface area contributed by atoms with Crippen LogP contribution >= 0.6 is 12.2 Å². The molecule has 3 rings (SSSR count). The van der Waals surface area contributed by atoms with Gasteiger partial charge >= 0.3 is 0 Å². The number of para-hydroxylation sites is 1. The monoisotopic (exact) mass is 397 g/mol. The van der Waals surface area contributed by atoms with Crippen LogP contribution in [0.5, 0.6) is 11.5 Å². The summed E-state index contributed by atoms with van der Waals surface area (Å²) in [6.07, 6.45) is 0. The number of rotatable bonds is 5. The zero-order valence-electron chi connectivity index (χ0n) is 16.0. The van der Waals surface area contributed by atoms with Gasteiger partial charge in [0.1, 0.15) is 0 Å². The molecule has 0 aliphatic carbocycles. The minimum atomic E-state index is -0.474. The predicted molar refractivity (Wildman–Crippen MR) is 113 cm³/mol. The number of nitrogens with one attached hydrogen (secondary N) is 3. The second kappa shape index (κ2) is 8.31. The van der Waals surface area contributed by atoms with Gasteiger partial charge in [-0.15, -0.1) is 0 Å². The van der Waals surface area contributed by atoms with Crippen molar-refractivity contribution in [2.24, 2.45) is 0 Å². The van der Waals surface area contributed by atoms with Crippen molar-refractivity contribution in [2.75, 3.05) is 11.9 Å². The molecule has 0 radical (unpaired) electrons. The van der Waals surface area contributed by atoms with Crippen LogP contribution in [0.2, 0.25) is 0 Å². The van der Waals surface area contributed by atoms with Crippen LogP contribution in [-0.4, -0.2) is 22.7 Å². The van der Waals surface area contributed by atoms with Gasteiger partial charge in [-0.1, -0.05) is 24.3 Å². The summed E-state index contributed by atoms with van der Waals surface area (Å²) in [5.41, 5.74) is 3.68. The van der Waals surface area contributed by atoms with Crippen molar-refractivity contribution in [1.82, 2.24) is 10.6 Å². The third kappa shape index (κ3) is 4.09. The first-order valence-electron chi connectivity index (χ1n) is 9.01. The third-order valence-electron chi connectivity index (χ3n) is 4.52. The first-order chi connectivity index (χ1) is 13.4. The van der Waals surface area contributed by atoms with E-state index in [0.717, 1.165) is 16.8 Å². The number of allylic oxidation sites excluding steroid dienone is 1. The standard InChI is InChI=1S/C21H23N3O3S/c1-4-27-17-11-14(9-10-16(17)25)19-18(13(3)22-21(28)24-19)20(26)23-15-8-6-5-7-12(15)2/h5-11,19,25H,4H2,1-3H3,(H,23,26)(H2,22,24,28). The van der Waals surface area contributed by atoms with E-state index in [2.05, 4.69) is 16.0 Å². The van der Waals surface area contributed by atoms with Crippen molar-refractivity contribution in [3.63, 3.8) is 0 Å². The fourth-order valence-electron chi connectivity index (χ4n) is 3.13. The number of hydrogen-bond acceptors (Lipinski definition) is 4. The van der Waals surface area contributed by atoms with E-state index >= 15 is 0 Å². The molecule has 1 unspecified atom stereocenters. The highest BCUT2D eigenvalue weighted by molar-refractivity contribution is 7.80. The van der Waals surface area contributed by atoms with Crippen molar-refractivity contribution in [2.45, 2.75) is 26.8 Å². The Morgan fingerprint density at radius 1 is 1.25 bits per heavy atom. The van der Waals surface area contributed by atoms with Crippen molar-refractivity contribution in [1.29, 1.82) is 0 Å². The molecule has 0 spiro atoms. The Labute approximate surface area is 169 Å². The van der Waals surface area contributed by atoms with Crippen molar-refractivity contribution >= 4 is 28.9 Å². The predicted octanol–water partition coefficient (Wildman–Crippen LogP) is 3.53. The van der Waals surface area contributed by atoms with Crippen LogP contribution in [0.1, 0.15) is 31.0 Å². The molecule has 2 aromatic rings. The molecule has 4 N–H and O–H groups in total. The molecule has 0 saturated heterocycles. The lowest BCUT2D eigenvalue weighted by Crippen LogP contribution is -2.45. The topological polar surface area (TPSA) is 82.6 Å². The number of phenolic OH excluding ortho intramolecular Hbond substituents is 1. The highest BCUT2D eigenvalue weighted by Crippen LogP contribution is 2.34. The number of anilines is 1. The van der Waals surface area contributed by atoms with Gasteiger partial charge in [0.2, 0.25) is 0 Å². The van der Waals surface area contributed by atoms with Gasteiger partial charge in [-0.2, -0.15) is 0 Å². The van der Waals surface area contributed by atoms with Crippen LogP contribution in [0.25, 0.3) is 0 Å². The van der Waals surface area contributed by atoms with Crippen LogP contribution in [0.4, 0.5) is 5.69 Å². The van der Waals surface area contributed by atoms with Crippen LogP contribution in [0.15, 0.2) is 53.7 Å². The summed E-state index contributed by atoms with van der Waals surface area (Å²) >= 11 is 5.29. The largest absolute Gasteiger partial charge is 0.504 e. The highest BCUT2D eigenvalue weighted by Gasteiger charge is 2.30. The minimum absolute atomic E-state index is 0.0497. The number of ether oxygens (including phenoxy) is 1. The first-order valence-corrected chi connectivity index (χ1v) is 9.42. The fraction of sp³-hybridized carbons (Fsp3) is 0.238. The summed E-state index contributed by atoms with van der Waals surface area (Å²) in [6.45, 7) is 6.02. The van der Waals surface area contributed by atoms with Crippen molar-refractivity contribution in [3.8, 4) is 11.5 Å². The first kappa shape index (κ1) is 19.7. The van der Waals surface area contributed by atoms with Gasteiger partial charge < -0.3 is 25.8 Å². The second-order valence-electron chi connectivity index (χ2n) is 6.50. The molecule has 28 heavy (non-hydrogen) atoms. The number of carbonyl (C=O) groups is 1. The Hall–Kier alpha value is -3.06. The number of amides is 1. The molecule has 146 valence electrons. The molecular weight excluding hydrogens is 374 g/mol. The molecule has 1 heterocycles. The van der Waals surface area contributed by atoms with Crippen molar-refractivity contribution < 1.29 is 14.6 Å². The average Bonchev–Trinajstić information content (AvgIpc) is 2.65. The van der Waals surface area contributed by atoms with Gasteiger partial charge in [-0.25, -0.2) is 0 Å². The molecule has 1 atom stereocenters. The Morgan fingerprint density at radius 2 is 2.00 bits per heavy atom. The molecule has 1 amide bonds. The summed E-state index contributed by atoms with van der Waals surface area (Å²) in [5, 5.41) is 19.6. The third-order valence-corrected chi connectivity index (χ3v) is 4.74. The molecule has 7 heteroatoms. The maximum absolute atomic E-state index is 13.1. The van der Waals surface area contributed by atoms with Crippen LogP contribution < -0.4 is 20.7 Å².